The van der Waals surface area contributed by atoms with Gasteiger partial charge in [-0.3, -0.25) is 9.59 Å². The van der Waals surface area contributed by atoms with Gasteiger partial charge in [-0.1, -0.05) is 68.4 Å². The van der Waals surface area contributed by atoms with Crippen LogP contribution in [-0.4, -0.2) is 47.8 Å². The van der Waals surface area contributed by atoms with Crippen LogP contribution in [0.3, 0.4) is 0 Å². The van der Waals surface area contributed by atoms with E-state index in [-0.39, 0.29) is 17.7 Å². The highest BCUT2D eigenvalue weighted by Gasteiger charge is 2.25. The topological polar surface area (TPSA) is 40.6 Å². The molecule has 4 nitrogen and oxygen atoms in total. The van der Waals surface area contributed by atoms with Gasteiger partial charge in [0.25, 0.3) is 0 Å². The Labute approximate surface area is 155 Å². The first-order valence-corrected chi connectivity index (χ1v) is 9.25. The lowest BCUT2D eigenvalue weighted by atomic mass is 10.0. The molecule has 0 spiro atoms. The molecule has 0 bridgehead atoms. The highest BCUT2D eigenvalue weighted by Crippen LogP contribution is 2.19. The minimum Gasteiger partial charge on any atom is -0.339 e. The van der Waals surface area contributed by atoms with Crippen molar-refractivity contribution in [1.82, 2.24) is 9.80 Å². The molecule has 0 atom stereocenters. The first kappa shape index (κ1) is 18.2. The van der Waals surface area contributed by atoms with Gasteiger partial charge in [0.15, 0.2) is 0 Å². The lowest BCUT2D eigenvalue weighted by molar-refractivity contribution is -0.141. The van der Waals surface area contributed by atoms with Crippen LogP contribution >= 0.6 is 0 Å². The molecule has 0 aromatic heterocycles. The maximum Gasteiger partial charge on any atom is 0.227 e. The van der Waals surface area contributed by atoms with Gasteiger partial charge in [0.05, 0.1) is 6.42 Å². The van der Waals surface area contributed by atoms with Crippen molar-refractivity contribution in [2.45, 2.75) is 20.3 Å². The van der Waals surface area contributed by atoms with Crippen molar-refractivity contribution in [3.05, 3.63) is 60.2 Å². The molecule has 0 radical (unpaired) electrons. The number of amides is 2. The average molecular weight is 350 g/mol. The molecular weight excluding hydrogens is 324 g/mol. The van der Waals surface area contributed by atoms with Gasteiger partial charge in [-0.05, 0) is 16.7 Å². The molecule has 0 unspecified atom stereocenters. The fraction of sp³-hybridized carbons (Fsp3) is 0.364. The maximum atomic E-state index is 12.6. The maximum absolute atomic E-state index is 12.6. The molecule has 1 fully saturated rings. The molecule has 1 saturated heterocycles. The van der Waals surface area contributed by atoms with Crippen LogP contribution in [0.15, 0.2) is 54.6 Å². The summed E-state index contributed by atoms with van der Waals surface area (Å²) in [6.07, 6.45) is 0.410. The average Bonchev–Trinajstić information content (AvgIpc) is 2.68. The van der Waals surface area contributed by atoms with Gasteiger partial charge in [0.1, 0.15) is 0 Å². The minimum absolute atomic E-state index is 0.0142. The van der Waals surface area contributed by atoms with E-state index in [0.717, 1.165) is 11.1 Å². The minimum atomic E-state index is 0.0142. The van der Waals surface area contributed by atoms with Crippen molar-refractivity contribution in [3.8, 4) is 11.1 Å². The van der Waals surface area contributed by atoms with E-state index >= 15 is 0 Å². The number of carbonyl (C=O) groups excluding carboxylic acids is 2. The summed E-state index contributed by atoms with van der Waals surface area (Å²) in [7, 11) is 0. The van der Waals surface area contributed by atoms with E-state index in [1.807, 2.05) is 54.0 Å². The summed E-state index contributed by atoms with van der Waals surface area (Å²) in [5.41, 5.74) is 3.36. The number of piperazine rings is 1. The molecule has 1 heterocycles. The molecule has 1 aliphatic rings. The fourth-order valence-electron chi connectivity index (χ4n) is 3.27. The molecule has 136 valence electrons. The summed E-state index contributed by atoms with van der Waals surface area (Å²) >= 11 is 0. The summed E-state index contributed by atoms with van der Waals surface area (Å²) in [6.45, 7) is 6.35. The highest BCUT2D eigenvalue weighted by molar-refractivity contribution is 5.81. The summed E-state index contributed by atoms with van der Waals surface area (Å²) in [4.78, 5) is 28.3. The van der Waals surface area contributed by atoms with E-state index in [9.17, 15) is 9.59 Å². The summed E-state index contributed by atoms with van der Waals surface area (Å²) in [5.74, 6) is 0.322. The number of hydrogen-bond acceptors (Lipinski definition) is 2. The Kier molecular flexibility index (Phi) is 5.71. The molecular formula is C22H26N2O2. The van der Waals surface area contributed by atoms with Gasteiger partial charge in [-0.15, -0.1) is 0 Å². The van der Waals surface area contributed by atoms with Gasteiger partial charge in [0, 0.05) is 32.1 Å². The van der Waals surface area contributed by atoms with Crippen LogP contribution in [0, 0.1) is 5.92 Å². The predicted molar refractivity (Wildman–Crippen MR) is 104 cm³/mol. The molecule has 0 N–H and O–H groups in total. The second kappa shape index (κ2) is 8.17. The van der Waals surface area contributed by atoms with E-state index in [4.69, 9.17) is 0 Å². The van der Waals surface area contributed by atoms with Crippen LogP contribution in [0.5, 0.6) is 0 Å². The van der Waals surface area contributed by atoms with Gasteiger partial charge >= 0.3 is 0 Å². The Morgan fingerprint density at radius 1 is 0.808 bits per heavy atom. The molecule has 26 heavy (non-hydrogen) atoms. The molecule has 3 rings (SSSR count). The zero-order valence-electron chi connectivity index (χ0n) is 15.5. The van der Waals surface area contributed by atoms with E-state index in [2.05, 4.69) is 24.3 Å². The van der Waals surface area contributed by atoms with E-state index in [1.54, 1.807) is 0 Å². The SMILES string of the molecule is CC(C)C(=O)N1CCN(C(=O)Cc2ccc(-c3ccccc3)cc2)CC1. The highest BCUT2D eigenvalue weighted by atomic mass is 16.2. The Balaban J connectivity index is 1.55. The molecule has 2 aromatic rings. The van der Waals surface area contributed by atoms with Gasteiger partial charge in [-0.25, -0.2) is 0 Å². The van der Waals surface area contributed by atoms with Crippen molar-refractivity contribution < 1.29 is 9.59 Å². The molecule has 2 aromatic carbocycles. The Morgan fingerprint density at radius 3 is 1.92 bits per heavy atom. The number of benzene rings is 2. The van der Waals surface area contributed by atoms with Crippen molar-refractivity contribution in [3.63, 3.8) is 0 Å². The summed E-state index contributed by atoms with van der Waals surface area (Å²) in [6, 6.07) is 18.4. The Hall–Kier alpha value is -2.62. The van der Waals surface area contributed by atoms with Crippen molar-refractivity contribution >= 4 is 11.8 Å². The smallest absolute Gasteiger partial charge is 0.227 e. The van der Waals surface area contributed by atoms with E-state index < -0.39 is 0 Å². The fourth-order valence-corrected chi connectivity index (χ4v) is 3.27. The third-order valence-corrected chi connectivity index (χ3v) is 4.85. The van der Waals surface area contributed by atoms with Gasteiger partial charge in [0.2, 0.25) is 11.8 Å². The number of carbonyl (C=O) groups is 2. The third kappa shape index (κ3) is 4.31. The molecule has 4 heteroatoms. The van der Waals surface area contributed by atoms with Crippen molar-refractivity contribution in [2.75, 3.05) is 26.2 Å². The second-order valence-electron chi connectivity index (χ2n) is 7.10. The van der Waals surface area contributed by atoms with Crippen LogP contribution in [0.25, 0.3) is 11.1 Å². The molecule has 0 aliphatic carbocycles. The normalized spacial score (nSPS) is 14.6. The molecule has 2 amide bonds. The number of hydrogen-bond donors (Lipinski definition) is 0. The lowest BCUT2D eigenvalue weighted by Crippen LogP contribution is -2.51. The number of nitrogens with zero attached hydrogens (tertiary/aromatic N) is 2. The zero-order valence-corrected chi connectivity index (χ0v) is 15.5. The second-order valence-corrected chi connectivity index (χ2v) is 7.10. The first-order chi connectivity index (χ1) is 12.5. The largest absolute Gasteiger partial charge is 0.339 e. The van der Waals surface area contributed by atoms with Crippen LogP contribution in [0.2, 0.25) is 0 Å². The van der Waals surface area contributed by atoms with E-state index in [1.165, 1.54) is 5.56 Å². The lowest BCUT2D eigenvalue weighted by Gasteiger charge is -2.35. The summed E-state index contributed by atoms with van der Waals surface area (Å²) in [5, 5.41) is 0. The third-order valence-electron chi connectivity index (χ3n) is 4.85. The quantitative estimate of drug-likeness (QED) is 0.849. The first-order valence-electron chi connectivity index (χ1n) is 9.25. The van der Waals surface area contributed by atoms with Gasteiger partial charge < -0.3 is 9.80 Å². The number of rotatable bonds is 4. The molecule has 0 saturated carbocycles. The summed E-state index contributed by atoms with van der Waals surface area (Å²) < 4.78 is 0. The zero-order chi connectivity index (χ0) is 18.5. The van der Waals surface area contributed by atoms with E-state index in [0.29, 0.717) is 32.6 Å². The van der Waals surface area contributed by atoms with Crippen molar-refractivity contribution in [2.24, 2.45) is 5.92 Å². The van der Waals surface area contributed by atoms with Crippen molar-refractivity contribution in [1.29, 1.82) is 0 Å². The monoisotopic (exact) mass is 350 g/mol. The van der Waals surface area contributed by atoms with Crippen LogP contribution in [0.4, 0.5) is 0 Å². The standard InChI is InChI=1S/C22H26N2O2/c1-17(2)22(26)24-14-12-23(13-15-24)21(25)16-18-8-10-20(11-9-18)19-6-4-3-5-7-19/h3-11,17H,12-16H2,1-2H3. The van der Waals surface area contributed by atoms with Crippen LogP contribution in [-0.2, 0) is 16.0 Å². The van der Waals surface area contributed by atoms with Gasteiger partial charge in [-0.2, -0.15) is 0 Å². The predicted octanol–water partition coefficient (Wildman–Crippen LogP) is 3.22. The van der Waals surface area contributed by atoms with Crippen LogP contribution < -0.4 is 0 Å². The Bertz CT molecular complexity index is 745. The Morgan fingerprint density at radius 2 is 1.35 bits per heavy atom. The van der Waals surface area contributed by atoms with Crippen LogP contribution in [0.1, 0.15) is 19.4 Å². The molecule has 1 aliphatic heterocycles.